The number of hydrogen-bond donors (Lipinski definition) is 1. The average Bonchev–Trinajstić information content (AvgIpc) is 3.24. The fraction of sp³-hybridized carbons (Fsp3) is 0.889. The van der Waals surface area contributed by atoms with Crippen LogP contribution in [0.15, 0.2) is 0 Å². The molecule has 4 saturated carbocycles. The zero-order chi connectivity index (χ0) is 16.3. The van der Waals surface area contributed by atoms with Crippen molar-refractivity contribution in [1.29, 1.82) is 0 Å². The molecule has 128 valence electrons. The van der Waals surface area contributed by atoms with Crippen LogP contribution in [0.1, 0.15) is 39.5 Å². The van der Waals surface area contributed by atoms with E-state index in [9.17, 15) is 9.59 Å². The third kappa shape index (κ3) is 2.23. The highest BCUT2D eigenvalue weighted by Gasteiger charge is 2.66. The van der Waals surface area contributed by atoms with Crippen LogP contribution < -0.4 is 0 Å². The van der Waals surface area contributed by atoms with Gasteiger partial charge in [-0.3, -0.25) is 9.59 Å². The summed E-state index contributed by atoms with van der Waals surface area (Å²) in [6, 6.07) is 0. The van der Waals surface area contributed by atoms with E-state index in [1.807, 2.05) is 13.8 Å². The van der Waals surface area contributed by atoms with E-state index in [1.165, 1.54) is 0 Å². The SMILES string of the molecule is CC(C)C(=O)OC1CC2CC1C1C3CC(CC3C(=O)OCO)C21. The molecule has 5 heteroatoms. The van der Waals surface area contributed by atoms with E-state index in [2.05, 4.69) is 0 Å². The predicted octanol–water partition coefficient (Wildman–Crippen LogP) is 1.98. The molecule has 0 heterocycles. The summed E-state index contributed by atoms with van der Waals surface area (Å²) in [5, 5.41) is 8.85. The Morgan fingerprint density at radius 2 is 1.74 bits per heavy atom. The second-order valence-corrected chi connectivity index (χ2v) is 8.27. The second kappa shape index (κ2) is 5.47. The standard InChI is InChI=1S/C18H26O5/c1-8(2)17(20)23-14-6-10-5-13(14)16-11-3-9(15(10)16)4-12(11)18(21)22-7-19/h8-16,19H,3-7H2,1-2H3. The maximum Gasteiger partial charge on any atom is 0.311 e. The van der Waals surface area contributed by atoms with Gasteiger partial charge in [0, 0.05) is 0 Å². The molecule has 8 atom stereocenters. The van der Waals surface area contributed by atoms with Gasteiger partial charge in [0.1, 0.15) is 6.10 Å². The third-order valence-electron chi connectivity index (χ3n) is 7.01. The van der Waals surface area contributed by atoms with E-state index in [0.29, 0.717) is 29.6 Å². The van der Waals surface area contributed by atoms with Crippen LogP contribution in [0.3, 0.4) is 0 Å². The summed E-state index contributed by atoms with van der Waals surface area (Å²) >= 11 is 0. The van der Waals surface area contributed by atoms with Crippen molar-refractivity contribution in [2.24, 2.45) is 47.3 Å². The minimum atomic E-state index is -0.526. The maximum atomic E-state index is 12.1. The number of carbonyl (C=O) groups is 2. The monoisotopic (exact) mass is 322 g/mol. The Kier molecular flexibility index (Phi) is 3.67. The zero-order valence-electron chi connectivity index (χ0n) is 13.8. The molecule has 0 aromatic carbocycles. The normalized spacial score (nSPS) is 46.3. The lowest BCUT2D eigenvalue weighted by Gasteiger charge is -2.40. The van der Waals surface area contributed by atoms with Crippen molar-refractivity contribution in [3.05, 3.63) is 0 Å². The third-order valence-corrected chi connectivity index (χ3v) is 7.01. The summed E-state index contributed by atoms with van der Waals surface area (Å²) in [7, 11) is 0. The largest absolute Gasteiger partial charge is 0.462 e. The van der Waals surface area contributed by atoms with Crippen LogP contribution in [0.2, 0.25) is 0 Å². The number of carbonyl (C=O) groups excluding carboxylic acids is 2. The Bertz CT molecular complexity index is 516. The number of aliphatic hydroxyl groups is 1. The molecule has 1 N–H and O–H groups in total. The topological polar surface area (TPSA) is 72.8 Å². The van der Waals surface area contributed by atoms with Gasteiger partial charge in [0.15, 0.2) is 6.79 Å². The number of fused-ring (bicyclic) bond motifs is 9. The molecule has 0 aromatic heterocycles. The summed E-state index contributed by atoms with van der Waals surface area (Å²) in [5.41, 5.74) is 0. The van der Waals surface area contributed by atoms with E-state index in [1.54, 1.807) is 0 Å². The van der Waals surface area contributed by atoms with Gasteiger partial charge in [0.2, 0.25) is 0 Å². The Hall–Kier alpha value is -1.10. The van der Waals surface area contributed by atoms with Crippen molar-refractivity contribution in [2.75, 3.05) is 6.79 Å². The number of hydrogen-bond acceptors (Lipinski definition) is 5. The fourth-order valence-electron chi connectivity index (χ4n) is 6.41. The van der Waals surface area contributed by atoms with Crippen molar-refractivity contribution in [1.82, 2.24) is 0 Å². The van der Waals surface area contributed by atoms with Crippen molar-refractivity contribution < 1.29 is 24.2 Å². The number of aliphatic hydroxyl groups excluding tert-OH is 1. The lowest BCUT2D eigenvalue weighted by atomic mass is 9.67. The van der Waals surface area contributed by atoms with Gasteiger partial charge in [-0.25, -0.2) is 0 Å². The molecule has 4 fully saturated rings. The maximum absolute atomic E-state index is 12.1. The van der Waals surface area contributed by atoms with Crippen LogP contribution in [0.25, 0.3) is 0 Å². The molecule has 4 rings (SSSR count). The smallest absolute Gasteiger partial charge is 0.311 e. The van der Waals surface area contributed by atoms with Gasteiger partial charge < -0.3 is 14.6 Å². The fourth-order valence-corrected chi connectivity index (χ4v) is 6.41. The Labute approximate surface area is 136 Å². The summed E-state index contributed by atoms with van der Waals surface area (Å²) in [6.45, 7) is 3.22. The Balaban J connectivity index is 1.49. The molecule has 23 heavy (non-hydrogen) atoms. The molecule has 8 unspecified atom stereocenters. The highest BCUT2D eigenvalue weighted by molar-refractivity contribution is 5.73. The zero-order valence-corrected chi connectivity index (χ0v) is 13.8. The minimum Gasteiger partial charge on any atom is -0.462 e. The van der Waals surface area contributed by atoms with Crippen molar-refractivity contribution in [3.8, 4) is 0 Å². The van der Waals surface area contributed by atoms with Crippen LogP contribution in [0.5, 0.6) is 0 Å². The van der Waals surface area contributed by atoms with Crippen LogP contribution in [-0.4, -0.2) is 29.9 Å². The van der Waals surface area contributed by atoms with E-state index in [-0.39, 0.29) is 29.9 Å². The van der Waals surface area contributed by atoms with Gasteiger partial charge in [-0.05, 0) is 61.2 Å². The first-order valence-electron chi connectivity index (χ1n) is 8.99. The van der Waals surface area contributed by atoms with Crippen LogP contribution in [0, 0.1) is 47.3 Å². The van der Waals surface area contributed by atoms with Gasteiger partial charge in [0.05, 0.1) is 11.8 Å². The molecule has 0 aliphatic heterocycles. The first kappa shape index (κ1) is 15.4. The van der Waals surface area contributed by atoms with Gasteiger partial charge in [0.25, 0.3) is 0 Å². The number of ether oxygens (including phenoxy) is 2. The summed E-state index contributed by atoms with van der Waals surface area (Å²) in [5.74, 6) is 2.82. The highest BCUT2D eigenvalue weighted by atomic mass is 16.6. The average molecular weight is 322 g/mol. The van der Waals surface area contributed by atoms with Crippen molar-refractivity contribution >= 4 is 11.9 Å². The van der Waals surface area contributed by atoms with Crippen LogP contribution in [-0.2, 0) is 19.1 Å². The summed E-state index contributed by atoms with van der Waals surface area (Å²) < 4.78 is 10.6. The molecule has 4 bridgehead atoms. The number of rotatable bonds is 4. The Morgan fingerprint density at radius 1 is 1.04 bits per heavy atom. The molecule has 0 spiro atoms. The second-order valence-electron chi connectivity index (χ2n) is 8.27. The summed E-state index contributed by atoms with van der Waals surface area (Å²) in [6.07, 6.45) is 4.24. The van der Waals surface area contributed by atoms with E-state index < -0.39 is 6.79 Å². The van der Waals surface area contributed by atoms with Gasteiger partial charge in [-0.1, -0.05) is 13.8 Å². The van der Waals surface area contributed by atoms with E-state index in [0.717, 1.165) is 31.6 Å². The minimum absolute atomic E-state index is 0.0463. The Morgan fingerprint density at radius 3 is 2.43 bits per heavy atom. The van der Waals surface area contributed by atoms with Gasteiger partial charge in [-0.2, -0.15) is 0 Å². The quantitative estimate of drug-likeness (QED) is 0.487. The lowest BCUT2D eigenvalue weighted by Crippen LogP contribution is -2.42. The van der Waals surface area contributed by atoms with Crippen molar-refractivity contribution in [3.63, 3.8) is 0 Å². The lowest BCUT2D eigenvalue weighted by molar-refractivity contribution is -0.164. The summed E-state index contributed by atoms with van der Waals surface area (Å²) in [4.78, 5) is 24.1. The first-order chi connectivity index (χ1) is 11.0. The van der Waals surface area contributed by atoms with Gasteiger partial charge in [-0.15, -0.1) is 0 Å². The molecular weight excluding hydrogens is 296 g/mol. The molecular formula is C18H26O5. The van der Waals surface area contributed by atoms with Crippen molar-refractivity contribution in [2.45, 2.75) is 45.6 Å². The van der Waals surface area contributed by atoms with E-state index in [4.69, 9.17) is 14.6 Å². The molecule has 0 radical (unpaired) electrons. The van der Waals surface area contributed by atoms with Crippen LogP contribution >= 0.6 is 0 Å². The predicted molar refractivity (Wildman–Crippen MR) is 80.8 cm³/mol. The molecule has 4 aliphatic rings. The first-order valence-corrected chi connectivity index (χ1v) is 8.99. The highest BCUT2D eigenvalue weighted by Crippen LogP contribution is 2.69. The van der Waals surface area contributed by atoms with Gasteiger partial charge >= 0.3 is 11.9 Å². The molecule has 0 saturated heterocycles. The van der Waals surface area contributed by atoms with Crippen LogP contribution in [0.4, 0.5) is 0 Å². The van der Waals surface area contributed by atoms with E-state index >= 15 is 0 Å². The molecule has 0 aromatic rings. The molecule has 5 nitrogen and oxygen atoms in total. The number of esters is 2. The molecule has 0 amide bonds. The molecule has 4 aliphatic carbocycles.